The van der Waals surface area contributed by atoms with E-state index in [1.165, 1.54) is 27.6 Å². The van der Waals surface area contributed by atoms with E-state index in [0.717, 1.165) is 60.9 Å². The number of hydrogen-bond donors (Lipinski definition) is 0. The fourth-order valence-electron chi connectivity index (χ4n) is 6.70. The van der Waals surface area contributed by atoms with Gasteiger partial charge in [0.15, 0.2) is 0 Å². The summed E-state index contributed by atoms with van der Waals surface area (Å²) in [6.07, 6.45) is 9.51. The first-order valence-electron chi connectivity index (χ1n) is 14.3. The monoisotopic (exact) mass is 555 g/mol. The van der Waals surface area contributed by atoms with Gasteiger partial charge in [0.1, 0.15) is 22.8 Å². The Balaban J connectivity index is 1.21. The first kappa shape index (κ1) is 23.9. The van der Waals surface area contributed by atoms with Gasteiger partial charge in [-0.25, -0.2) is 9.97 Å². The molecule has 5 aromatic heterocycles. The highest BCUT2D eigenvalue weighted by molar-refractivity contribution is 6.13. The van der Waals surface area contributed by atoms with Crippen molar-refractivity contribution in [1.82, 2.24) is 23.8 Å². The Bertz CT molecular complexity index is 2560. The van der Waals surface area contributed by atoms with Crippen LogP contribution < -0.4 is 4.74 Å². The van der Waals surface area contributed by atoms with Gasteiger partial charge in [0.2, 0.25) is 0 Å². The van der Waals surface area contributed by atoms with Gasteiger partial charge < -0.3 is 4.74 Å². The van der Waals surface area contributed by atoms with Crippen molar-refractivity contribution in [2.24, 2.45) is 0 Å². The minimum atomic E-state index is 0.740. The predicted octanol–water partition coefficient (Wildman–Crippen LogP) is 9.07. The molecule has 9 aromatic rings. The number of nitrogens with zero attached hydrogens (tertiary/aromatic N) is 5. The highest BCUT2D eigenvalue weighted by atomic mass is 16.5. The maximum absolute atomic E-state index is 6.50. The van der Waals surface area contributed by atoms with Crippen LogP contribution >= 0.6 is 0 Å². The van der Waals surface area contributed by atoms with E-state index in [0.29, 0.717) is 0 Å². The smallest absolute Gasteiger partial charge is 0.145 e. The summed E-state index contributed by atoms with van der Waals surface area (Å²) in [5.41, 5.74) is 9.93. The van der Waals surface area contributed by atoms with Crippen LogP contribution in [0.4, 0.5) is 0 Å². The van der Waals surface area contributed by atoms with E-state index in [9.17, 15) is 0 Å². The number of aromatic nitrogens is 5. The summed E-state index contributed by atoms with van der Waals surface area (Å²) in [6.45, 7) is 4.35. The van der Waals surface area contributed by atoms with Crippen LogP contribution in [-0.2, 0) is 0 Å². The van der Waals surface area contributed by atoms with Crippen LogP contribution in [-0.4, -0.2) is 23.8 Å². The number of pyridine rings is 3. The van der Waals surface area contributed by atoms with Crippen LogP contribution in [0.5, 0.6) is 11.5 Å². The fraction of sp³-hybridized carbons (Fsp3) is 0.0541. The fourth-order valence-corrected chi connectivity index (χ4v) is 6.70. The summed E-state index contributed by atoms with van der Waals surface area (Å²) in [6, 6.07) is 29.7. The molecule has 4 aromatic carbocycles. The van der Waals surface area contributed by atoms with Gasteiger partial charge in [0, 0.05) is 52.5 Å². The molecule has 5 heterocycles. The van der Waals surface area contributed by atoms with Crippen molar-refractivity contribution < 1.29 is 4.74 Å². The molecule has 0 aliphatic carbocycles. The van der Waals surface area contributed by atoms with Crippen LogP contribution in [0.25, 0.3) is 65.9 Å². The Morgan fingerprint density at radius 2 is 1.21 bits per heavy atom. The molecule has 0 aliphatic rings. The SMILES string of the molecule is Cc1cccc(C)c1-c1ccc2c(c1)c1ccc(Oc3ccc4c(c3)c3nccn3c3cccnc43)cc1c1nccn21. The summed E-state index contributed by atoms with van der Waals surface area (Å²) in [5, 5.41) is 5.41. The first-order valence-corrected chi connectivity index (χ1v) is 14.3. The quantitative estimate of drug-likeness (QED) is 0.204. The molecule has 0 unspecified atom stereocenters. The molecule has 0 fully saturated rings. The number of fused-ring (bicyclic) bond motifs is 12. The second kappa shape index (κ2) is 8.87. The average Bonchev–Trinajstić information content (AvgIpc) is 3.72. The minimum Gasteiger partial charge on any atom is -0.457 e. The zero-order valence-electron chi connectivity index (χ0n) is 23.6. The summed E-state index contributed by atoms with van der Waals surface area (Å²) in [7, 11) is 0. The third-order valence-corrected chi connectivity index (χ3v) is 8.60. The van der Waals surface area contributed by atoms with Gasteiger partial charge in [0.05, 0.1) is 16.6 Å². The van der Waals surface area contributed by atoms with Crippen LogP contribution in [0.15, 0.2) is 116 Å². The lowest BCUT2D eigenvalue weighted by atomic mass is 9.94. The molecule has 0 spiro atoms. The molecule has 6 heteroatoms. The summed E-state index contributed by atoms with van der Waals surface area (Å²) in [5.74, 6) is 1.49. The molecule has 0 amide bonds. The average molecular weight is 556 g/mol. The number of imidazole rings is 2. The molecule has 0 bridgehead atoms. The Morgan fingerprint density at radius 1 is 0.535 bits per heavy atom. The van der Waals surface area contributed by atoms with E-state index in [2.05, 4.69) is 99.3 Å². The molecule has 0 saturated heterocycles. The lowest BCUT2D eigenvalue weighted by molar-refractivity contribution is 0.484. The molecule has 204 valence electrons. The van der Waals surface area contributed by atoms with E-state index in [4.69, 9.17) is 9.72 Å². The lowest BCUT2D eigenvalue weighted by Crippen LogP contribution is -1.94. The summed E-state index contributed by atoms with van der Waals surface area (Å²) in [4.78, 5) is 14.1. The molecule has 0 radical (unpaired) electrons. The highest BCUT2D eigenvalue weighted by Gasteiger charge is 2.15. The van der Waals surface area contributed by atoms with Gasteiger partial charge in [-0.15, -0.1) is 0 Å². The molecule has 0 aliphatic heterocycles. The molecule has 0 atom stereocenters. The van der Waals surface area contributed by atoms with Crippen molar-refractivity contribution in [3.05, 3.63) is 127 Å². The van der Waals surface area contributed by atoms with Gasteiger partial charge >= 0.3 is 0 Å². The minimum absolute atomic E-state index is 0.740. The maximum Gasteiger partial charge on any atom is 0.145 e. The zero-order valence-corrected chi connectivity index (χ0v) is 23.6. The van der Waals surface area contributed by atoms with Crippen LogP contribution in [0.2, 0.25) is 0 Å². The summed E-state index contributed by atoms with van der Waals surface area (Å²) < 4.78 is 10.7. The van der Waals surface area contributed by atoms with Crippen molar-refractivity contribution in [3.63, 3.8) is 0 Å². The molecular weight excluding hydrogens is 530 g/mol. The van der Waals surface area contributed by atoms with Crippen LogP contribution in [0.3, 0.4) is 0 Å². The van der Waals surface area contributed by atoms with Crippen LogP contribution in [0.1, 0.15) is 11.1 Å². The zero-order chi connectivity index (χ0) is 28.7. The van der Waals surface area contributed by atoms with Crippen molar-refractivity contribution in [2.75, 3.05) is 0 Å². The van der Waals surface area contributed by atoms with Gasteiger partial charge in [0.25, 0.3) is 0 Å². The number of benzene rings is 4. The largest absolute Gasteiger partial charge is 0.457 e. The van der Waals surface area contributed by atoms with Crippen LogP contribution in [0, 0.1) is 13.8 Å². The van der Waals surface area contributed by atoms with Crippen molar-refractivity contribution >= 4 is 54.8 Å². The topological polar surface area (TPSA) is 56.7 Å². The number of rotatable bonds is 3. The molecule has 9 rings (SSSR count). The maximum atomic E-state index is 6.50. The predicted molar refractivity (Wildman–Crippen MR) is 173 cm³/mol. The second-order valence-electron chi connectivity index (χ2n) is 11.1. The summed E-state index contributed by atoms with van der Waals surface area (Å²) >= 11 is 0. The second-order valence-corrected chi connectivity index (χ2v) is 11.1. The van der Waals surface area contributed by atoms with E-state index in [1.54, 1.807) is 0 Å². The highest BCUT2D eigenvalue weighted by Crippen LogP contribution is 2.37. The molecule has 0 N–H and O–H groups in total. The number of hydrogen-bond acceptors (Lipinski definition) is 4. The third kappa shape index (κ3) is 3.50. The molecule has 0 saturated carbocycles. The lowest BCUT2D eigenvalue weighted by Gasteiger charge is -2.14. The van der Waals surface area contributed by atoms with Gasteiger partial charge in [-0.2, -0.15) is 0 Å². The Morgan fingerprint density at radius 3 is 1.95 bits per heavy atom. The van der Waals surface area contributed by atoms with Gasteiger partial charge in [-0.1, -0.05) is 24.3 Å². The van der Waals surface area contributed by atoms with Crippen molar-refractivity contribution in [2.45, 2.75) is 13.8 Å². The normalized spacial score (nSPS) is 12.0. The Hall–Kier alpha value is -5.75. The molecule has 43 heavy (non-hydrogen) atoms. The van der Waals surface area contributed by atoms with E-state index in [1.807, 2.05) is 49.2 Å². The van der Waals surface area contributed by atoms with E-state index < -0.39 is 0 Å². The first-order chi connectivity index (χ1) is 21.1. The van der Waals surface area contributed by atoms with Crippen molar-refractivity contribution in [3.8, 4) is 22.6 Å². The van der Waals surface area contributed by atoms with Gasteiger partial charge in [-0.05, 0) is 102 Å². The number of ether oxygens (including phenoxy) is 1. The molecular formula is C37H25N5O. The Labute approximate surface area is 246 Å². The molecule has 6 nitrogen and oxygen atoms in total. The van der Waals surface area contributed by atoms with E-state index >= 15 is 0 Å². The van der Waals surface area contributed by atoms with E-state index in [-0.39, 0.29) is 0 Å². The van der Waals surface area contributed by atoms with Crippen molar-refractivity contribution in [1.29, 1.82) is 0 Å². The number of aryl methyl sites for hydroxylation is 2. The Kier molecular flexibility index (Phi) is 4.93. The van der Waals surface area contributed by atoms with Gasteiger partial charge in [-0.3, -0.25) is 13.8 Å². The third-order valence-electron chi connectivity index (χ3n) is 8.60. The standard InChI is InChI=1S/C37H25N5O/c1-22-5-3-6-23(2)34(22)24-8-13-32-29(19-24)27-11-9-25(20-30(27)36-39-15-17-41(32)36)43-26-10-12-28-31(21-26)37-40-16-18-42(37)33-7-4-14-38-35(28)33/h3-21H,1-2H3.